The summed E-state index contributed by atoms with van der Waals surface area (Å²) < 4.78 is 0. The first-order valence-corrected chi connectivity index (χ1v) is 7.11. The molecule has 15 heavy (non-hydrogen) atoms. The van der Waals surface area contributed by atoms with E-state index in [1.54, 1.807) is 0 Å². The maximum absolute atomic E-state index is 2.42. The normalized spacial score (nSPS) is 17.4. The lowest BCUT2D eigenvalue weighted by atomic mass is 9.88. The van der Waals surface area contributed by atoms with Crippen LogP contribution in [0.4, 0.5) is 0 Å². The van der Waals surface area contributed by atoms with Crippen LogP contribution in [0.5, 0.6) is 0 Å². The van der Waals surface area contributed by atoms with Gasteiger partial charge in [-0.15, -0.1) is 0 Å². The van der Waals surface area contributed by atoms with Gasteiger partial charge in [-0.25, -0.2) is 0 Å². The minimum absolute atomic E-state index is 0.916. The molecule has 0 N–H and O–H groups in total. The van der Waals surface area contributed by atoms with E-state index in [-0.39, 0.29) is 0 Å². The maximum atomic E-state index is 2.42. The zero-order chi connectivity index (χ0) is 11.7. The minimum atomic E-state index is 0.916. The third-order valence-electron chi connectivity index (χ3n) is 4.17. The third-order valence-corrected chi connectivity index (χ3v) is 4.17. The minimum Gasteiger partial charge on any atom is -0.0651 e. The Hall–Kier alpha value is 0. The summed E-state index contributed by atoms with van der Waals surface area (Å²) >= 11 is 0. The van der Waals surface area contributed by atoms with Gasteiger partial charge in [-0.1, -0.05) is 79.6 Å². The number of unbranched alkanes of at least 4 members (excludes halogenated alkanes) is 2. The van der Waals surface area contributed by atoms with Crippen LogP contribution in [-0.2, 0) is 0 Å². The molecule has 0 heterocycles. The van der Waals surface area contributed by atoms with E-state index >= 15 is 0 Å². The van der Waals surface area contributed by atoms with Crippen LogP contribution in [0.3, 0.4) is 0 Å². The third kappa shape index (κ3) is 7.88. The van der Waals surface area contributed by atoms with Crippen molar-refractivity contribution in [1.29, 1.82) is 0 Å². The van der Waals surface area contributed by atoms with Gasteiger partial charge < -0.3 is 0 Å². The van der Waals surface area contributed by atoms with E-state index < -0.39 is 0 Å². The Labute approximate surface area is 97.8 Å². The van der Waals surface area contributed by atoms with Crippen LogP contribution in [0.1, 0.15) is 79.6 Å². The van der Waals surface area contributed by atoms with Crippen molar-refractivity contribution >= 4 is 0 Å². The van der Waals surface area contributed by atoms with Gasteiger partial charge in [-0.3, -0.25) is 0 Å². The van der Waals surface area contributed by atoms with Crippen molar-refractivity contribution in [1.82, 2.24) is 0 Å². The smallest absolute Gasteiger partial charge is 0.0417 e. The monoisotopic (exact) mass is 212 g/mol. The summed E-state index contributed by atoms with van der Waals surface area (Å²) in [5.74, 6) is 2.79. The molecule has 0 saturated heterocycles. The Kier molecular flexibility index (Phi) is 9.24. The van der Waals surface area contributed by atoms with Gasteiger partial charge in [0.2, 0.25) is 0 Å². The molecule has 0 aromatic heterocycles. The molecule has 0 fully saturated rings. The van der Waals surface area contributed by atoms with E-state index in [2.05, 4.69) is 34.6 Å². The molecule has 0 aliphatic heterocycles. The Morgan fingerprint density at radius 2 is 1.27 bits per heavy atom. The van der Waals surface area contributed by atoms with E-state index in [9.17, 15) is 0 Å². The molecular formula is C15H32. The van der Waals surface area contributed by atoms with E-state index in [4.69, 9.17) is 0 Å². The Balaban J connectivity index is 3.30. The number of rotatable bonds is 9. The molecule has 0 bridgehead atoms. The maximum Gasteiger partial charge on any atom is -0.0417 e. The molecule has 0 rings (SSSR count). The molecule has 0 aromatic rings. The van der Waals surface area contributed by atoms with Crippen molar-refractivity contribution in [2.24, 2.45) is 17.8 Å². The van der Waals surface area contributed by atoms with Crippen LogP contribution in [0.2, 0.25) is 0 Å². The first-order chi connectivity index (χ1) is 7.11. The summed E-state index contributed by atoms with van der Waals surface area (Å²) in [6, 6.07) is 0. The summed E-state index contributed by atoms with van der Waals surface area (Å²) in [5.41, 5.74) is 0. The second-order valence-corrected chi connectivity index (χ2v) is 5.51. The largest absolute Gasteiger partial charge is 0.0651 e. The lowest BCUT2D eigenvalue weighted by Crippen LogP contribution is -2.06. The fraction of sp³-hybridized carbons (Fsp3) is 1.00. The van der Waals surface area contributed by atoms with Crippen LogP contribution in [0, 0.1) is 17.8 Å². The second-order valence-electron chi connectivity index (χ2n) is 5.51. The molecule has 3 atom stereocenters. The van der Waals surface area contributed by atoms with Gasteiger partial charge in [-0.2, -0.15) is 0 Å². The van der Waals surface area contributed by atoms with Crippen molar-refractivity contribution in [2.45, 2.75) is 79.6 Å². The van der Waals surface area contributed by atoms with Gasteiger partial charge in [0.15, 0.2) is 0 Å². The summed E-state index contributed by atoms with van der Waals surface area (Å²) in [7, 11) is 0. The fourth-order valence-corrected chi connectivity index (χ4v) is 2.03. The molecule has 3 unspecified atom stereocenters. The van der Waals surface area contributed by atoms with E-state index in [1.165, 1.54) is 44.9 Å². The predicted octanol–water partition coefficient (Wildman–Crippen LogP) is 5.67. The second kappa shape index (κ2) is 9.24. The molecule has 0 saturated carbocycles. The average Bonchev–Trinajstić information content (AvgIpc) is 2.26. The van der Waals surface area contributed by atoms with E-state index in [0.29, 0.717) is 0 Å². The Morgan fingerprint density at radius 1 is 0.667 bits per heavy atom. The van der Waals surface area contributed by atoms with Gasteiger partial charge in [-0.05, 0) is 17.8 Å². The lowest BCUT2D eigenvalue weighted by Gasteiger charge is -2.18. The summed E-state index contributed by atoms with van der Waals surface area (Å²) in [5, 5.41) is 0. The van der Waals surface area contributed by atoms with Crippen molar-refractivity contribution in [2.75, 3.05) is 0 Å². The van der Waals surface area contributed by atoms with Gasteiger partial charge in [0.05, 0.1) is 0 Å². The van der Waals surface area contributed by atoms with E-state index in [1.807, 2.05) is 0 Å². The zero-order valence-corrected chi connectivity index (χ0v) is 11.7. The Bertz CT molecular complexity index is 128. The molecule has 0 spiro atoms. The van der Waals surface area contributed by atoms with Gasteiger partial charge in [0.25, 0.3) is 0 Å². The molecule has 0 nitrogen and oxygen atoms in total. The van der Waals surface area contributed by atoms with Crippen molar-refractivity contribution in [3.63, 3.8) is 0 Å². The van der Waals surface area contributed by atoms with E-state index in [0.717, 1.165) is 17.8 Å². The topological polar surface area (TPSA) is 0 Å². The SMILES string of the molecule is CCC(C)CCCCCC(C)C(C)CC. The van der Waals surface area contributed by atoms with Gasteiger partial charge in [0, 0.05) is 0 Å². The molecule has 0 aromatic carbocycles. The molecular weight excluding hydrogens is 180 g/mol. The van der Waals surface area contributed by atoms with Gasteiger partial charge >= 0.3 is 0 Å². The Morgan fingerprint density at radius 3 is 1.80 bits per heavy atom. The standard InChI is InChI=1S/C15H32/c1-6-13(3)11-9-8-10-12-15(5)14(4)7-2/h13-15H,6-12H2,1-5H3. The highest BCUT2D eigenvalue weighted by atomic mass is 14.1. The quantitative estimate of drug-likeness (QED) is 0.432. The summed E-state index contributed by atoms with van der Waals surface area (Å²) in [6.07, 6.45) is 9.91. The average molecular weight is 212 g/mol. The van der Waals surface area contributed by atoms with Gasteiger partial charge in [0.1, 0.15) is 0 Å². The van der Waals surface area contributed by atoms with Crippen molar-refractivity contribution in [3.8, 4) is 0 Å². The number of hydrogen-bond acceptors (Lipinski definition) is 0. The lowest BCUT2D eigenvalue weighted by molar-refractivity contribution is 0.339. The fourth-order valence-electron chi connectivity index (χ4n) is 2.03. The van der Waals surface area contributed by atoms with Crippen LogP contribution in [-0.4, -0.2) is 0 Å². The molecule has 0 radical (unpaired) electrons. The summed E-state index contributed by atoms with van der Waals surface area (Å²) in [6.45, 7) is 11.8. The molecule has 92 valence electrons. The predicted molar refractivity (Wildman–Crippen MR) is 71.2 cm³/mol. The van der Waals surface area contributed by atoms with Crippen molar-refractivity contribution in [3.05, 3.63) is 0 Å². The zero-order valence-electron chi connectivity index (χ0n) is 11.7. The molecule has 0 heteroatoms. The first kappa shape index (κ1) is 15.0. The highest BCUT2D eigenvalue weighted by Gasteiger charge is 2.09. The van der Waals surface area contributed by atoms with Crippen LogP contribution < -0.4 is 0 Å². The van der Waals surface area contributed by atoms with Crippen LogP contribution in [0.25, 0.3) is 0 Å². The highest BCUT2D eigenvalue weighted by Crippen LogP contribution is 2.21. The molecule has 0 aliphatic carbocycles. The highest BCUT2D eigenvalue weighted by molar-refractivity contribution is 4.61. The first-order valence-electron chi connectivity index (χ1n) is 7.11. The van der Waals surface area contributed by atoms with Crippen molar-refractivity contribution < 1.29 is 0 Å². The molecule has 0 aliphatic rings. The van der Waals surface area contributed by atoms with Crippen LogP contribution >= 0.6 is 0 Å². The molecule has 0 amide bonds. The number of hydrogen-bond donors (Lipinski definition) is 0. The summed E-state index contributed by atoms with van der Waals surface area (Å²) in [4.78, 5) is 0. The van der Waals surface area contributed by atoms with Crippen LogP contribution in [0.15, 0.2) is 0 Å².